The van der Waals surface area contributed by atoms with Crippen LogP contribution in [0.1, 0.15) is 89.4 Å². The largest absolute Gasteiger partial charge is 0.350 e. The minimum absolute atomic E-state index is 0.0355. The maximum Gasteiger partial charge on any atom is 0.291 e. The van der Waals surface area contributed by atoms with Gasteiger partial charge in [0.1, 0.15) is 0 Å². The number of carbonyl (C=O) groups is 1. The number of carbonyl (C=O) groups excluding carboxylic acids is 1. The fourth-order valence-electron chi connectivity index (χ4n) is 4.48. The van der Waals surface area contributed by atoms with Gasteiger partial charge in [0, 0.05) is 11.3 Å². The zero-order valence-corrected chi connectivity index (χ0v) is 18.0. The summed E-state index contributed by atoms with van der Waals surface area (Å²) >= 11 is 1.79. The molecule has 1 aromatic rings. The monoisotopic (exact) mass is 378 g/mol. The Bertz CT molecular complexity index is 659. The average Bonchev–Trinajstić information content (AvgIpc) is 3.01. The molecule has 0 saturated heterocycles. The third-order valence-corrected chi connectivity index (χ3v) is 9.03. The Hall–Kier alpha value is -0.970. The number of rotatable bonds is 4. The quantitative estimate of drug-likeness (QED) is 0.741. The fourth-order valence-corrected chi connectivity index (χ4v) is 5.83. The highest BCUT2D eigenvalue weighted by Crippen LogP contribution is 2.55. The first-order valence-corrected chi connectivity index (χ1v) is 11.0. The molecule has 2 atom stereocenters. The molecule has 4 nitrogen and oxygen atoms in total. The van der Waals surface area contributed by atoms with E-state index in [4.69, 9.17) is 4.52 Å². The Kier molecular flexibility index (Phi) is 5.49. The predicted molar refractivity (Wildman–Crippen MR) is 107 cm³/mol. The summed E-state index contributed by atoms with van der Waals surface area (Å²) in [5.74, 6) is 0.869. The number of amides is 1. The molecule has 2 aliphatic carbocycles. The molecule has 0 aromatic carbocycles. The first kappa shape index (κ1) is 19.8. The lowest BCUT2D eigenvalue weighted by molar-refractivity contribution is 0.0750. The van der Waals surface area contributed by atoms with E-state index in [1.165, 1.54) is 32.1 Å². The Morgan fingerprint density at radius 1 is 1.15 bits per heavy atom. The summed E-state index contributed by atoms with van der Waals surface area (Å²) in [6.07, 6.45) is 7.34. The summed E-state index contributed by atoms with van der Waals surface area (Å²) in [7, 11) is 0. The molecule has 2 saturated carbocycles. The third-order valence-electron chi connectivity index (χ3n) is 7.51. The summed E-state index contributed by atoms with van der Waals surface area (Å²) in [4.78, 5) is 14.0. The first-order valence-electron chi connectivity index (χ1n) is 10.1. The van der Waals surface area contributed by atoms with E-state index in [0.29, 0.717) is 16.9 Å². The molecule has 0 radical (unpaired) electrons. The molecule has 1 amide bonds. The molecule has 5 heteroatoms. The van der Waals surface area contributed by atoms with Crippen LogP contribution in [0.4, 0.5) is 0 Å². The zero-order valence-electron chi connectivity index (χ0n) is 17.1. The topological polar surface area (TPSA) is 55.1 Å². The van der Waals surface area contributed by atoms with E-state index in [1.54, 1.807) is 11.8 Å². The number of hydrogen-bond donors (Lipinski definition) is 1. The number of thioether (sulfide) groups is 1. The van der Waals surface area contributed by atoms with Crippen LogP contribution in [-0.4, -0.2) is 22.4 Å². The van der Waals surface area contributed by atoms with Gasteiger partial charge in [-0.25, -0.2) is 0 Å². The van der Waals surface area contributed by atoms with Crippen LogP contribution in [-0.2, 0) is 0 Å². The molecular formula is C21H34N2O2S. The molecular weight excluding hydrogens is 344 g/mol. The normalized spacial score (nSPS) is 28.2. The van der Waals surface area contributed by atoms with Crippen LogP contribution in [0.3, 0.4) is 0 Å². The van der Waals surface area contributed by atoms with Crippen LogP contribution < -0.4 is 5.32 Å². The molecule has 0 bridgehead atoms. The van der Waals surface area contributed by atoms with E-state index < -0.39 is 0 Å². The maximum atomic E-state index is 13.0. The molecule has 146 valence electrons. The molecule has 0 aliphatic heterocycles. The van der Waals surface area contributed by atoms with Crippen LogP contribution in [0, 0.1) is 23.7 Å². The zero-order chi connectivity index (χ0) is 19.1. The van der Waals surface area contributed by atoms with Crippen molar-refractivity contribution in [2.75, 3.05) is 0 Å². The van der Waals surface area contributed by atoms with Gasteiger partial charge < -0.3 is 9.84 Å². The summed E-state index contributed by atoms with van der Waals surface area (Å²) in [5.41, 5.74) is 1.06. The average molecular weight is 379 g/mol. The van der Waals surface area contributed by atoms with Crippen LogP contribution in [0.15, 0.2) is 9.42 Å². The molecule has 3 rings (SSSR count). The molecule has 2 fully saturated rings. The van der Waals surface area contributed by atoms with Crippen LogP contribution in [0.25, 0.3) is 0 Å². The molecule has 1 heterocycles. The van der Waals surface area contributed by atoms with E-state index in [0.717, 1.165) is 17.0 Å². The van der Waals surface area contributed by atoms with Crippen molar-refractivity contribution in [3.05, 3.63) is 11.5 Å². The lowest BCUT2D eigenvalue weighted by Gasteiger charge is -2.41. The Morgan fingerprint density at radius 2 is 1.81 bits per heavy atom. The second kappa shape index (κ2) is 7.21. The van der Waals surface area contributed by atoms with Crippen LogP contribution in [0.2, 0.25) is 0 Å². The standard InChI is InChI=1S/C21H34N2O2S/c1-13-12-16(21(5,6)20(13,3)4)22-19(24)17-18(14(2)23-25-17)26-15-10-8-7-9-11-15/h13,15-16H,7-12H2,1-6H3,(H,22,24). The summed E-state index contributed by atoms with van der Waals surface area (Å²) in [5, 5.41) is 7.96. The minimum Gasteiger partial charge on any atom is -0.350 e. The Balaban J connectivity index is 1.75. The van der Waals surface area contributed by atoms with Crippen molar-refractivity contribution < 1.29 is 9.32 Å². The van der Waals surface area contributed by atoms with Crippen molar-refractivity contribution in [1.29, 1.82) is 0 Å². The van der Waals surface area contributed by atoms with E-state index in [9.17, 15) is 4.79 Å². The number of nitrogens with zero attached hydrogens (tertiary/aromatic N) is 1. The van der Waals surface area contributed by atoms with Crippen LogP contribution in [0.5, 0.6) is 0 Å². The lowest BCUT2D eigenvalue weighted by atomic mass is 9.66. The van der Waals surface area contributed by atoms with Crippen molar-refractivity contribution in [2.24, 2.45) is 16.7 Å². The van der Waals surface area contributed by atoms with Gasteiger partial charge >= 0.3 is 0 Å². The summed E-state index contributed by atoms with van der Waals surface area (Å²) in [6.45, 7) is 13.4. The van der Waals surface area contributed by atoms with Gasteiger partial charge in [-0.3, -0.25) is 4.79 Å². The van der Waals surface area contributed by atoms with Crippen molar-refractivity contribution in [3.8, 4) is 0 Å². The lowest BCUT2D eigenvalue weighted by Crippen LogP contribution is -2.46. The SMILES string of the molecule is Cc1noc(C(=O)NC2CC(C)C(C)(C)C2(C)C)c1SC1CCCCC1. The number of nitrogens with one attached hydrogen (secondary N) is 1. The molecule has 2 unspecified atom stereocenters. The van der Waals surface area contributed by atoms with Gasteiger partial charge in [-0.2, -0.15) is 0 Å². The van der Waals surface area contributed by atoms with E-state index in [2.05, 4.69) is 45.1 Å². The van der Waals surface area contributed by atoms with E-state index in [1.807, 2.05) is 6.92 Å². The Labute approximate surface area is 162 Å². The third kappa shape index (κ3) is 3.44. The van der Waals surface area contributed by atoms with Gasteiger partial charge in [0.25, 0.3) is 5.91 Å². The van der Waals surface area contributed by atoms with Crippen molar-refractivity contribution in [1.82, 2.24) is 10.5 Å². The van der Waals surface area contributed by atoms with Crippen molar-refractivity contribution in [3.63, 3.8) is 0 Å². The highest BCUT2D eigenvalue weighted by Gasteiger charge is 2.53. The molecule has 2 aliphatic rings. The number of aryl methyl sites for hydroxylation is 1. The van der Waals surface area contributed by atoms with Crippen molar-refractivity contribution in [2.45, 2.75) is 96.3 Å². The van der Waals surface area contributed by atoms with Crippen molar-refractivity contribution >= 4 is 17.7 Å². The van der Waals surface area contributed by atoms with Gasteiger partial charge in [-0.05, 0) is 42.9 Å². The highest BCUT2D eigenvalue weighted by molar-refractivity contribution is 8.00. The molecule has 0 spiro atoms. The van der Waals surface area contributed by atoms with E-state index in [-0.39, 0.29) is 22.8 Å². The molecule has 26 heavy (non-hydrogen) atoms. The molecule has 1 N–H and O–H groups in total. The fraction of sp³-hybridized carbons (Fsp3) is 0.810. The highest BCUT2D eigenvalue weighted by atomic mass is 32.2. The number of hydrogen-bond acceptors (Lipinski definition) is 4. The van der Waals surface area contributed by atoms with Gasteiger partial charge in [0.05, 0.1) is 10.6 Å². The minimum atomic E-state index is -0.105. The number of aromatic nitrogens is 1. The second-order valence-corrected chi connectivity index (χ2v) is 10.7. The van der Waals surface area contributed by atoms with Gasteiger partial charge in [-0.15, -0.1) is 11.8 Å². The van der Waals surface area contributed by atoms with Crippen LogP contribution >= 0.6 is 11.8 Å². The second-order valence-electron chi connectivity index (χ2n) is 9.41. The maximum absolute atomic E-state index is 13.0. The van der Waals surface area contributed by atoms with Gasteiger partial charge in [0.2, 0.25) is 5.76 Å². The molecule has 1 aromatic heterocycles. The smallest absolute Gasteiger partial charge is 0.291 e. The first-order chi connectivity index (χ1) is 12.1. The summed E-state index contributed by atoms with van der Waals surface area (Å²) < 4.78 is 5.47. The summed E-state index contributed by atoms with van der Waals surface area (Å²) in [6, 6.07) is 0.151. The van der Waals surface area contributed by atoms with Gasteiger partial charge in [-0.1, -0.05) is 59.0 Å². The van der Waals surface area contributed by atoms with E-state index >= 15 is 0 Å². The van der Waals surface area contributed by atoms with Gasteiger partial charge in [0.15, 0.2) is 0 Å². The Morgan fingerprint density at radius 3 is 2.38 bits per heavy atom. The predicted octanol–water partition coefficient (Wildman–Crippen LogP) is 5.60.